The Bertz CT molecular complexity index is 619. The summed E-state index contributed by atoms with van der Waals surface area (Å²) in [7, 11) is 0. The van der Waals surface area contributed by atoms with Crippen LogP contribution in [0.1, 0.15) is 33.6 Å². The van der Waals surface area contributed by atoms with Gasteiger partial charge in [0.05, 0.1) is 17.8 Å². The molecule has 0 bridgehead atoms. The molecule has 0 amide bonds. The third kappa shape index (κ3) is 4.49. The highest BCUT2D eigenvalue weighted by Gasteiger charge is 2.47. The maximum Gasteiger partial charge on any atom is 0.127 e. The van der Waals surface area contributed by atoms with E-state index >= 15 is 0 Å². The summed E-state index contributed by atoms with van der Waals surface area (Å²) in [5.41, 5.74) is 0.0656. The molecule has 1 fully saturated rings. The van der Waals surface area contributed by atoms with Crippen LogP contribution in [-0.2, 0) is 4.74 Å². The monoisotopic (exact) mass is 312 g/mol. The second kappa shape index (κ2) is 6.63. The summed E-state index contributed by atoms with van der Waals surface area (Å²) in [5, 5.41) is 0. The van der Waals surface area contributed by atoms with E-state index in [-0.39, 0.29) is 11.7 Å². The predicted octanol–water partition coefficient (Wildman–Crippen LogP) is 5.20. The molecule has 1 aliphatic heterocycles. The van der Waals surface area contributed by atoms with Crippen LogP contribution in [-0.4, -0.2) is 17.8 Å². The van der Waals surface area contributed by atoms with Crippen molar-refractivity contribution < 1.29 is 14.2 Å². The van der Waals surface area contributed by atoms with E-state index in [0.717, 1.165) is 30.1 Å². The zero-order valence-corrected chi connectivity index (χ0v) is 14.0. The fraction of sp³-hybridized carbons (Fsp3) is 0.400. The van der Waals surface area contributed by atoms with E-state index in [1.807, 2.05) is 54.6 Å². The van der Waals surface area contributed by atoms with Crippen molar-refractivity contribution in [2.24, 2.45) is 0 Å². The number of hydrogen-bond donors (Lipinski definition) is 0. The molecular weight excluding hydrogens is 288 g/mol. The molecule has 1 saturated heterocycles. The van der Waals surface area contributed by atoms with Gasteiger partial charge >= 0.3 is 0 Å². The first-order valence-electron chi connectivity index (χ1n) is 8.20. The quantitative estimate of drug-likeness (QED) is 0.658. The molecule has 0 aliphatic carbocycles. The summed E-state index contributed by atoms with van der Waals surface area (Å²) in [4.78, 5) is 0. The third-order valence-electron chi connectivity index (χ3n) is 4.14. The average molecular weight is 312 g/mol. The molecule has 0 N–H and O–H groups in total. The van der Waals surface area contributed by atoms with E-state index < -0.39 is 0 Å². The van der Waals surface area contributed by atoms with Crippen LogP contribution in [0.2, 0.25) is 0 Å². The van der Waals surface area contributed by atoms with Gasteiger partial charge < -0.3 is 14.2 Å². The molecule has 2 atom stereocenters. The Morgan fingerprint density at radius 1 is 0.957 bits per heavy atom. The molecule has 0 radical (unpaired) electrons. The van der Waals surface area contributed by atoms with E-state index in [2.05, 4.69) is 20.8 Å². The van der Waals surface area contributed by atoms with Crippen LogP contribution in [0, 0.1) is 0 Å². The van der Waals surface area contributed by atoms with Gasteiger partial charge in [0.2, 0.25) is 0 Å². The Labute approximate surface area is 138 Å². The largest absolute Gasteiger partial charge is 0.491 e. The number of benzene rings is 2. The van der Waals surface area contributed by atoms with Crippen molar-refractivity contribution in [1.82, 2.24) is 0 Å². The van der Waals surface area contributed by atoms with Gasteiger partial charge in [-0.15, -0.1) is 0 Å². The first kappa shape index (κ1) is 15.9. The van der Waals surface area contributed by atoms with Crippen LogP contribution in [0.3, 0.4) is 0 Å². The summed E-state index contributed by atoms with van der Waals surface area (Å²) >= 11 is 0. The average Bonchev–Trinajstić information content (AvgIpc) is 3.15. The lowest BCUT2D eigenvalue weighted by atomic mass is 10.0. The molecule has 2 aromatic rings. The van der Waals surface area contributed by atoms with Crippen LogP contribution >= 0.6 is 0 Å². The molecule has 2 unspecified atom stereocenters. The standard InChI is InChI=1S/C20H24O3/c1-15(9-14-19-20(2,3)23-19)21-17-10-12-18(13-11-17)22-16-7-5-4-6-8-16/h4-8,10-13,15,19H,9,14H2,1-3H3. The van der Waals surface area contributed by atoms with Gasteiger partial charge in [-0.2, -0.15) is 0 Å². The summed E-state index contributed by atoms with van der Waals surface area (Å²) in [5.74, 6) is 2.51. The van der Waals surface area contributed by atoms with Crippen molar-refractivity contribution >= 4 is 0 Å². The molecular formula is C20H24O3. The van der Waals surface area contributed by atoms with Crippen LogP contribution in [0.4, 0.5) is 0 Å². The Hall–Kier alpha value is -2.00. The van der Waals surface area contributed by atoms with Crippen molar-refractivity contribution in [3.8, 4) is 17.2 Å². The molecule has 0 aromatic heterocycles. The molecule has 1 aliphatic rings. The fourth-order valence-corrected chi connectivity index (χ4v) is 2.63. The second-order valence-corrected chi connectivity index (χ2v) is 6.60. The minimum atomic E-state index is 0.0656. The van der Waals surface area contributed by atoms with Crippen molar-refractivity contribution in [3.05, 3.63) is 54.6 Å². The molecule has 0 saturated carbocycles. The second-order valence-electron chi connectivity index (χ2n) is 6.60. The highest BCUT2D eigenvalue weighted by Crippen LogP contribution is 2.38. The van der Waals surface area contributed by atoms with Crippen LogP contribution < -0.4 is 9.47 Å². The van der Waals surface area contributed by atoms with Crippen molar-refractivity contribution in [3.63, 3.8) is 0 Å². The number of para-hydroxylation sites is 1. The summed E-state index contributed by atoms with van der Waals surface area (Å²) < 4.78 is 17.3. The van der Waals surface area contributed by atoms with Crippen molar-refractivity contribution in [2.45, 2.75) is 51.4 Å². The molecule has 1 heterocycles. The number of rotatable bonds is 7. The highest BCUT2D eigenvalue weighted by molar-refractivity contribution is 5.35. The summed E-state index contributed by atoms with van der Waals surface area (Å²) in [6, 6.07) is 17.5. The van der Waals surface area contributed by atoms with Gasteiger partial charge in [0, 0.05) is 0 Å². The van der Waals surface area contributed by atoms with Gasteiger partial charge in [0.25, 0.3) is 0 Å². The minimum absolute atomic E-state index is 0.0656. The number of ether oxygens (including phenoxy) is 3. The maximum absolute atomic E-state index is 5.95. The Kier molecular flexibility index (Phi) is 4.58. The number of epoxide rings is 1. The molecule has 2 aromatic carbocycles. The van der Waals surface area contributed by atoms with E-state index in [1.165, 1.54) is 0 Å². The molecule has 0 spiro atoms. The Balaban J connectivity index is 1.47. The fourth-order valence-electron chi connectivity index (χ4n) is 2.63. The van der Waals surface area contributed by atoms with Crippen molar-refractivity contribution in [1.29, 1.82) is 0 Å². The first-order valence-corrected chi connectivity index (χ1v) is 8.20. The summed E-state index contributed by atoms with van der Waals surface area (Å²) in [6.45, 7) is 6.37. The van der Waals surface area contributed by atoms with Gasteiger partial charge in [-0.05, 0) is 70.0 Å². The van der Waals surface area contributed by atoms with E-state index in [0.29, 0.717) is 6.10 Å². The Morgan fingerprint density at radius 2 is 1.52 bits per heavy atom. The molecule has 122 valence electrons. The maximum atomic E-state index is 5.95. The minimum Gasteiger partial charge on any atom is -0.491 e. The van der Waals surface area contributed by atoms with E-state index in [1.54, 1.807) is 0 Å². The smallest absolute Gasteiger partial charge is 0.127 e. The normalized spacial score (nSPS) is 19.9. The zero-order valence-electron chi connectivity index (χ0n) is 14.0. The lowest BCUT2D eigenvalue weighted by Gasteiger charge is -2.15. The topological polar surface area (TPSA) is 31.0 Å². The SMILES string of the molecule is CC(CCC1OC1(C)C)Oc1ccc(Oc2ccccc2)cc1. The Morgan fingerprint density at radius 3 is 2.13 bits per heavy atom. The summed E-state index contributed by atoms with van der Waals surface area (Å²) in [6.07, 6.45) is 2.60. The molecule has 3 heteroatoms. The molecule has 3 rings (SSSR count). The van der Waals surface area contributed by atoms with E-state index in [4.69, 9.17) is 14.2 Å². The van der Waals surface area contributed by atoms with Crippen LogP contribution in [0.25, 0.3) is 0 Å². The van der Waals surface area contributed by atoms with E-state index in [9.17, 15) is 0 Å². The van der Waals surface area contributed by atoms with Gasteiger partial charge in [0.1, 0.15) is 17.2 Å². The third-order valence-corrected chi connectivity index (χ3v) is 4.14. The number of hydrogen-bond acceptors (Lipinski definition) is 3. The predicted molar refractivity (Wildman–Crippen MR) is 91.2 cm³/mol. The molecule has 23 heavy (non-hydrogen) atoms. The van der Waals surface area contributed by atoms with Crippen molar-refractivity contribution in [2.75, 3.05) is 0 Å². The van der Waals surface area contributed by atoms with Gasteiger partial charge in [-0.3, -0.25) is 0 Å². The van der Waals surface area contributed by atoms with Gasteiger partial charge in [0.15, 0.2) is 0 Å². The molecule has 3 nitrogen and oxygen atoms in total. The van der Waals surface area contributed by atoms with Crippen LogP contribution in [0.15, 0.2) is 54.6 Å². The lowest BCUT2D eigenvalue weighted by Crippen LogP contribution is -2.14. The van der Waals surface area contributed by atoms with Gasteiger partial charge in [-0.1, -0.05) is 18.2 Å². The zero-order chi connectivity index (χ0) is 16.3. The van der Waals surface area contributed by atoms with Gasteiger partial charge in [-0.25, -0.2) is 0 Å². The highest BCUT2D eigenvalue weighted by atomic mass is 16.6. The first-order chi connectivity index (χ1) is 11.0. The lowest BCUT2D eigenvalue weighted by molar-refractivity contribution is 0.201. The van der Waals surface area contributed by atoms with Crippen LogP contribution in [0.5, 0.6) is 17.2 Å².